The number of piperidine rings is 1. The van der Waals surface area contributed by atoms with Gasteiger partial charge in [0, 0.05) is 6.54 Å². The Balaban J connectivity index is 0.00000112. The zero-order valence-electron chi connectivity index (χ0n) is 10.1. The van der Waals surface area contributed by atoms with E-state index < -0.39 is 0 Å². The summed E-state index contributed by atoms with van der Waals surface area (Å²) in [6.45, 7) is 4.88. The summed E-state index contributed by atoms with van der Waals surface area (Å²) in [6, 6.07) is 0. The summed E-state index contributed by atoms with van der Waals surface area (Å²) in [5.74, 6) is 1.83. The van der Waals surface area contributed by atoms with Crippen molar-refractivity contribution in [1.82, 2.24) is 4.90 Å². The maximum Gasteiger partial charge on any atom is 0.000966 e. The van der Waals surface area contributed by atoms with Gasteiger partial charge >= 0.3 is 0 Å². The van der Waals surface area contributed by atoms with Gasteiger partial charge < -0.3 is 10.6 Å². The molecule has 2 rings (SSSR count). The van der Waals surface area contributed by atoms with E-state index in [0.717, 1.165) is 18.4 Å². The van der Waals surface area contributed by atoms with Crippen LogP contribution in [-0.4, -0.2) is 31.1 Å². The summed E-state index contributed by atoms with van der Waals surface area (Å²) in [4.78, 5) is 2.67. The van der Waals surface area contributed by atoms with Crippen molar-refractivity contribution >= 4 is 24.8 Å². The second-order valence-corrected chi connectivity index (χ2v) is 5.13. The van der Waals surface area contributed by atoms with Crippen molar-refractivity contribution in [3.8, 4) is 0 Å². The number of hydrogen-bond acceptors (Lipinski definition) is 2. The molecular formula is C12H26Cl2N2. The van der Waals surface area contributed by atoms with E-state index in [2.05, 4.69) is 4.90 Å². The molecule has 16 heavy (non-hydrogen) atoms. The molecule has 2 aliphatic rings. The summed E-state index contributed by atoms with van der Waals surface area (Å²) in [7, 11) is 0. The lowest BCUT2D eigenvalue weighted by molar-refractivity contribution is 0.164. The highest BCUT2D eigenvalue weighted by molar-refractivity contribution is 5.85. The van der Waals surface area contributed by atoms with Crippen LogP contribution in [0.15, 0.2) is 0 Å². The maximum absolute atomic E-state index is 5.69. The first-order valence-corrected chi connectivity index (χ1v) is 6.31. The van der Waals surface area contributed by atoms with E-state index in [1.165, 1.54) is 58.2 Å². The zero-order valence-corrected chi connectivity index (χ0v) is 11.7. The second kappa shape index (κ2) is 8.57. The first-order chi connectivity index (χ1) is 6.88. The fraction of sp³-hybridized carbons (Fsp3) is 1.00. The van der Waals surface area contributed by atoms with E-state index in [1.54, 1.807) is 0 Å². The lowest BCUT2D eigenvalue weighted by Crippen LogP contribution is -2.38. The van der Waals surface area contributed by atoms with Crippen LogP contribution in [0.5, 0.6) is 0 Å². The van der Waals surface area contributed by atoms with Crippen LogP contribution in [0.1, 0.15) is 38.5 Å². The van der Waals surface area contributed by atoms with Crippen LogP contribution >= 0.6 is 24.8 Å². The van der Waals surface area contributed by atoms with Crippen molar-refractivity contribution in [3.63, 3.8) is 0 Å². The van der Waals surface area contributed by atoms with Gasteiger partial charge in [0.05, 0.1) is 0 Å². The molecule has 0 amide bonds. The number of nitrogens with two attached hydrogens (primary N) is 1. The number of rotatable bonds is 3. The number of nitrogens with zero attached hydrogens (tertiary/aromatic N) is 1. The van der Waals surface area contributed by atoms with Crippen molar-refractivity contribution < 1.29 is 0 Å². The Kier molecular flexibility index (Phi) is 8.84. The first-order valence-electron chi connectivity index (χ1n) is 6.31. The summed E-state index contributed by atoms with van der Waals surface area (Å²) in [5.41, 5.74) is 5.69. The zero-order chi connectivity index (χ0) is 9.80. The number of hydrogen-bond donors (Lipinski definition) is 1. The van der Waals surface area contributed by atoms with Crippen molar-refractivity contribution in [3.05, 3.63) is 0 Å². The lowest BCUT2D eigenvalue weighted by atomic mass is 9.96. The molecule has 0 bridgehead atoms. The van der Waals surface area contributed by atoms with E-state index >= 15 is 0 Å². The van der Waals surface area contributed by atoms with E-state index in [9.17, 15) is 0 Å². The molecule has 4 heteroatoms. The number of halogens is 2. The molecule has 0 spiro atoms. The molecule has 1 aliphatic carbocycles. The van der Waals surface area contributed by atoms with Crippen LogP contribution in [0.3, 0.4) is 0 Å². The number of likely N-dealkylation sites (tertiary alicyclic amines) is 1. The molecule has 0 radical (unpaired) electrons. The Morgan fingerprint density at radius 1 is 0.875 bits per heavy atom. The summed E-state index contributed by atoms with van der Waals surface area (Å²) < 4.78 is 0. The largest absolute Gasteiger partial charge is 0.330 e. The highest BCUT2D eigenvalue weighted by Crippen LogP contribution is 2.27. The molecule has 0 aromatic heterocycles. The van der Waals surface area contributed by atoms with Crippen molar-refractivity contribution in [2.45, 2.75) is 38.5 Å². The van der Waals surface area contributed by atoms with Gasteiger partial charge in [-0.1, -0.05) is 12.8 Å². The van der Waals surface area contributed by atoms with Gasteiger partial charge in [-0.2, -0.15) is 0 Å². The normalized spacial score (nSPS) is 23.8. The van der Waals surface area contributed by atoms with Gasteiger partial charge in [0.1, 0.15) is 0 Å². The summed E-state index contributed by atoms with van der Waals surface area (Å²) >= 11 is 0. The third-order valence-corrected chi connectivity index (χ3v) is 4.03. The van der Waals surface area contributed by atoms with Gasteiger partial charge in [0.15, 0.2) is 0 Å². The minimum absolute atomic E-state index is 0. The second-order valence-electron chi connectivity index (χ2n) is 5.13. The highest BCUT2D eigenvalue weighted by Gasteiger charge is 2.22. The van der Waals surface area contributed by atoms with Gasteiger partial charge in [-0.3, -0.25) is 0 Å². The molecule has 1 saturated carbocycles. The van der Waals surface area contributed by atoms with Crippen LogP contribution in [0.25, 0.3) is 0 Å². The summed E-state index contributed by atoms with van der Waals surface area (Å²) in [5, 5.41) is 0. The van der Waals surface area contributed by atoms with Crippen LogP contribution < -0.4 is 5.73 Å². The monoisotopic (exact) mass is 268 g/mol. The Labute approximate surface area is 112 Å². The smallest absolute Gasteiger partial charge is 0.000966 e. The Morgan fingerprint density at radius 2 is 1.44 bits per heavy atom. The van der Waals surface area contributed by atoms with Crippen LogP contribution in [-0.2, 0) is 0 Å². The van der Waals surface area contributed by atoms with Gasteiger partial charge in [0.25, 0.3) is 0 Å². The Morgan fingerprint density at radius 3 is 1.94 bits per heavy atom. The lowest BCUT2D eigenvalue weighted by Gasteiger charge is -2.32. The molecule has 0 aromatic carbocycles. The first kappa shape index (κ1) is 16.5. The minimum atomic E-state index is 0. The molecule has 1 saturated heterocycles. The topological polar surface area (TPSA) is 29.3 Å². The van der Waals surface area contributed by atoms with E-state index in [-0.39, 0.29) is 24.8 Å². The van der Waals surface area contributed by atoms with Gasteiger partial charge in [0.2, 0.25) is 0 Å². The fourth-order valence-corrected chi connectivity index (χ4v) is 2.96. The van der Waals surface area contributed by atoms with Crippen molar-refractivity contribution in [2.24, 2.45) is 17.6 Å². The molecule has 1 heterocycles. The molecular weight excluding hydrogens is 243 g/mol. The average Bonchev–Trinajstić information content (AvgIpc) is 2.72. The fourth-order valence-electron chi connectivity index (χ4n) is 2.96. The molecule has 2 N–H and O–H groups in total. The molecule has 98 valence electrons. The van der Waals surface area contributed by atoms with Gasteiger partial charge in [-0.05, 0) is 57.2 Å². The molecule has 0 aromatic rings. The van der Waals surface area contributed by atoms with E-state index in [4.69, 9.17) is 5.73 Å². The molecule has 0 atom stereocenters. The maximum atomic E-state index is 5.69. The van der Waals surface area contributed by atoms with Gasteiger partial charge in [-0.15, -0.1) is 24.8 Å². The van der Waals surface area contributed by atoms with Crippen LogP contribution in [0, 0.1) is 11.8 Å². The molecule has 0 unspecified atom stereocenters. The Hall–Kier alpha value is 0.500. The molecule has 1 aliphatic heterocycles. The summed E-state index contributed by atoms with van der Waals surface area (Å²) in [6.07, 6.45) is 8.59. The van der Waals surface area contributed by atoms with Gasteiger partial charge in [-0.25, -0.2) is 0 Å². The molecule has 2 fully saturated rings. The predicted molar refractivity (Wildman–Crippen MR) is 74.7 cm³/mol. The Bertz CT molecular complexity index is 164. The third kappa shape index (κ3) is 4.79. The standard InChI is InChI=1S/C12H24N2.2ClH/c13-9-11-5-7-14(8-6-11)10-12-3-1-2-4-12;;/h11-12H,1-10,13H2;2*1H. The quantitative estimate of drug-likeness (QED) is 0.853. The van der Waals surface area contributed by atoms with Crippen molar-refractivity contribution in [2.75, 3.05) is 26.2 Å². The van der Waals surface area contributed by atoms with Crippen LogP contribution in [0.4, 0.5) is 0 Å². The third-order valence-electron chi connectivity index (χ3n) is 4.03. The van der Waals surface area contributed by atoms with E-state index in [0.29, 0.717) is 0 Å². The average molecular weight is 269 g/mol. The highest BCUT2D eigenvalue weighted by atomic mass is 35.5. The minimum Gasteiger partial charge on any atom is -0.330 e. The van der Waals surface area contributed by atoms with Crippen LogP contribution in [0.2, 0.25) is 0 Å². The SMILES string of the molecule is Cl.Cl.NCC1CCN(CC2CCCC2)CC1. The predicted octanol–water partition coefficient (Wildman–Crippen LogP) is 2.69. The van der Waals surface area contributed by atoms with E-state index in [1.807, 2.05) is 0 Å². The van der Waals surface area contributed by atoms with Crippen molar-refractivity contribution in [1.29, 1.82) is 0 Å². The molecule has 2 nitrogen and oxygen atoms in total.